The van der Waals surface area contributed by atoms with Gasteiger partial charge in [-0.3, -0.25) is 0 Å². The minimum Gasteiger partial charge on any atom is -0.487 e. The maximum absolute atomic E-state index is 13.7. The minimum absolute atomic E-state index is 0.0607. The van der Waals surface area contributed by atoms with Crippen LogP contribution < -0.4 is 16.2 Å². The Balaban J connectivity index is 1.68. The Hall–Kier alpha value is -1.59. The Morgan fingerprint density at radius 1 is 0.957 bits per heavy atom. The highest BCUT2D eigenvalue weighted by Gasteiger charge is 2.68. The minimum atomic E-state index is -4.16. The summed E-state index contributed by atoms with van der Waals surface area (Å²) in [5.74, 6) is 0.703. The first-order chi connectivity index (χ1) is 10.7. The van der Waals surface area contributed by atoms with Crippen LogP contribution in [0.5, 0.6) is 5.75 Å². The predicted molar refractivity (Wildman–Crippen MR) is 81.8 cm³/mol. The van der Waals surface area contributed by atoms with Gasteiger partial charge in [0.2, 0.25) is 0 Å². The molecule has 0 aromatic heterocycles. The van der Waals surface area contributed by atoms with Crippen LogP contribution in [0.3, 0.4) is 0 Å². The molecule has 4 saturated carbocycles. The van der Waals surface area contributed by atoms with Crippen molar-refractivity contribution in [2.24, 2.45) is 17.3 Å². The van der Waals surface area contributed by atoms with Gasteiger partial charge < -0.3 is 16.2 Å². The summed E-state index contributed by atoms with van der Waals surface area (Å²) in [5, 5.41) is 0. The van der Waals surface area contributed by atoms with E-state index >= 15 is 0 Å². The van der Waals surface area contributed by atoms with Crippen molar-refractivity contribution in [3.05, 3.63) is 18.2 Å². The molecule has 4 bridgehead atoms. The molecule has 6 heteroatoms. The first-order valence-corrected chi connectivity index (χ1v) is 8.11. The lowest BCUT2D eigenvalue weighted by molar-refractivity contribution is -0.293. The van der Waals surface area contributed by atoms with E-state index in [-0.39, 0.29) is 31.1 Å². The Morgan fingerprint density at radius 2 is 1.52 bits per heavy atom. The number of alkyl halides is 3. The molecule has 4 aliphatic carbocycles. The van der Waals surface area contributed by atoms with Gasteiger partial charge in [0.15, 0.2) is 0 Å². The molecule has 3 nitrogen and oxygen atoms in total. The van der Waals surface area contributed by atoms with Gasteiger partial charge in [0.25, 0.3) is 0 Å². The fourth-order valence-corrected chi connectivity index (χ4v) is 5.58. The van der Waals surface area contributed by atoms with E-state index in [0.29, 0.717) is 30.0 Å². The van der Waals surface area contributed by atoms with Crippen LogP contribution in [0, 0.1) is 17.3 Å². The lowest BCUT2D eigenvalue weighted by Gasteiger charge is -2.61. The highest BCUT2D eigenvalue weighted by molar-refractivity contribution is 5.56. The third kappa shape index (κ3) is 2.34. The molecule has 4 N–H and O–H groups in total. The smallest absolute Gasteiger partial charge is 0.394 e. The van der Waals surface area contributed by atoms with Crippen LogP contribution in [0.1, 0.15) is 38.5 Å². The topological polar surface area (TPSA) is 61.3 Å². The highest BCUT2D eigenvalue weighted by Crippen LogP contribution is 2.67. The van der Waals surface area contributed by atoms with Crippen molar-refractivity contribution in [3.8, 4) is 5.75 Å². The van der Waals surface area contributed by atoms with Crippen molar-refractivity contribution in [1.82, 2.24) is 0 Å². The Morgan fingerprint density at radius 3 is 2.04 bits per heavy atom. The van der Waals surface area contributed by atoms with E-state index in [1.807, 2.05) is 0 Å². The maximum Gasteiger partial charge on any atom is 0.394 e. The normalized spacial score (nSPS) is 38.7. The summed E-state index contributed by atoms with van der Waals surface area (Å²) in [6, 6.07) is 4.91. The summed E-state index contributed by atoms with van der Waals surface area (Å²) < 4.78 is 47.4. The summed E-state index contributed by atoms with van der Waals surface area (Å²) in [7, 11) is 0. The SMILES string of the molecule is Nc1cc(N)cc(OC23CC4CC(C2)CC(C(F)(F)F)(C4)C3)c1. The molecule has 0 spiro atoms. The van der Waals surface area contributed by atoms with Crippen molar-refractivity contribution >= 4 is 11.4 Å². The number of hydrogen-bond acceptors (Lipinski definition) is 3. The zero-order valence-corrected chi connectivity index (χ0v) is 12.8. The summed E-state index contributed by atoms with van der Waals surface area (Å²) in [4.78, 5) is 0. The molecule has 2 atom stereocenters. The summed E-state index contributed by atoms with van der Waals surface area (Å²) >= 11 is 0. The zero-order valence-electron chi connectivity index (χ0n) is 12.8. The average Bonchev–Trinajstić information content (AvgIpc) is 2.33. The van der Waals surface area contributed by atoms with E-state index in [4.69, 9.17) is 16.2 Å². The fourth-order valence-electron chi connectivity index (χ4n) is 5.58. The maximum atomic E-state index is 13.7. The van der Waals surface area contributed by atoms with Gasteiger partial charge in [-0.1, -0.05) is 0 Å². The van der Waals surface area contributed by atoms with Gasteiger partial charge >= 0.3 is 6.18 Å². The molecule has 23 heavy (non-hydrogen) atoms. The van der Waals surface area contributed by atoms with E-state index in [1.165, 1.54) is 0 Å². The Bertz CT molecular complexity index is 609. The van der Waals surface area contributed by atoms with Crippen molar-refractivity contribution in [2.75, 3.05) is 11.5 Å². The number of halogens is 3. The zero-order chi connectivity index (χ0) is 16.5. The molecular formula is C17H21F3N2O. The molecule has 0 amide bonds. The van der Waals surface area contributed by atoms with E-state index in [0.717, 1.165) is 6.42 Å². The quantitative estimate of drug-likeness (QED) is 0.803. The number of benzene rings is 1. The molecular weight excluding hydrogens is 305 g/mol. The number of ether oxygens (including phenoxy) is 1. The van der Waals surface area contributed by atoms with Gasteiger partial charge in [-0.25, -0.2) is 0 Å². The average molecular weight is 326 g/mol. The largest absolute Gasteiger partial charge is 0.487 e. The van der Waals surface area contributed by atoms with Crippen LogP contribution in [0.25, 0.3) is 0 Å². The third-order valence-electron chi connectivity index (χ3n) is 5.89. The third-order valence-corrected chi connectivity index (χ3v) is 5.89. The van der Waals surface area contributed by atoms with E-state index in [2.05, 4.69) is 0 Å². The number of hydrogen-bond donors (Lipinski definition) is 2. The van der Waals surface area contributed by atoms with Gasteiger partial charge in [0, 0.05) is 29.9 Å². The molecule has 0 heterocycles. The van der Waals surface area contributed by atoms with Crippen LogP contribution in [0.2, 0.25) is 0 Å². The standard InChI is InChI=1S/C17H21F3N2O/c18-17(19,20)15-5-10-1-11(6-15)8-16(7-10,9-15)23-14-3-12(21)2-13(22)4-14/h2-4,10-11H,1,5-9,21-22H2. The molecule has 5 rings (SSSR count). The van der Waals surface area contributed by atoms with Gasteiger partial charge in [-0.15, -0.1) is 0 Å². The van der Waals surface area contributed by atoms with Gasteiger partial charge in [-0.05, 0) is 50.0 Å². The molecule has 4 aliphatic rings. The van der Waals surface area contributed by atoms with Crippen LogP contribution in [-0.4, -0.2) is 11.8 Å². The lowest BCUT2D eigenvalue weighted by Crippen LogP contribution is -2.62. The molecule has 0 radical (unpaired) electrons. The monoisotopic (exact) mass is 326 g/mol. The van der Waals surface area contributed by atoms with Crippen LogP contribution in [0.4, 0.5) is 24.5 Å². The van der Waals surface area contributed by atoms with E-state index < -0.39 is 17.2 Å². The molecule has 0 aliphatic heterocycles. The second-order valence-corrected chi connectivity index (χ2v) is 7.86. The molecule has 1 aromatic rings. The second kappa shape index (κ2) is 4.48. The number of rotatable bonds is 2. The fraction of sp³-hybridized carbons (Fsp3) is 0.647. The molecule has 0 saturated heterocycles. The molecule has 126 valence electrons. The van der Waals surface area contributed by atoms with Crippen LogP contribution >= 0.6 is 0 Å². The molecule has 2 unspecified atom stereocenters. The van der Waals surface area contributed by atoms with Crippen molar-refractivity contribution in [3.63, 3.8) is 0 Å². The van der Waals surface area contributed by atoms with Crippen molar-refractivity contribution < 1.29 is 17.9 Å². The summed E-state index contributed by atoms with van der Waals surface area (Å²) in [6.45, 7) is 0. The Labute approximate surface area is 133 Å². The van der Waals surface area contributed by atoms with Crippen LogP contribution in [0.15, 0.2) is 18.2 Å². The lowest BCUT2D eigenvalue weighted by atomic mass is 9.47. The summed E-state index contributed by atoms with van der Waals surface area (Å²) in [5.41, 5.74) is 10.2. The molecule has 4 fully saturated rings. The van der Waals surface area contributed by atoms with Gasteiger partial charge in [-0.2, -0.15) is 13.2 Å². The molecule has 1 aromatic carbocycles. The van der Waals surface area contributed by atoms with Crippen molar-refractivity contribution in [1.29, 1.82) is 0 Å². The number of nitrogens with two attached hydrogens (primary N) is 2. The first-order valence-electron chi connectivity index (χ1n) is 8.11. The second-order valence-electron chi connectivity index (χ2n) is 7.86. The highest BCUT2D eigenvalue weighted by atomic mass is 19.4. The summed E-state index contributed by atoms with van der Waals surface area (Å²) in [6.07, 6.45) is -1.26. The van der Waals surface area contributed by atoms with E-state index in [1.54, 1.807) is 18.2 Å². The number of anilines is 2. The Kier molecular flexibility index (Phi) is 2.92. The number of nitrogen functional groups attached to an aromatic ring is 2. The van der Waals surface area contributed by atoms with Gasteiger partial charge in [0.05, 0.1) is 5.41 Å². The predicted octanol–water partition coefficient (Wildman–Crippen LogP) is 4.13. The van der Waals surface area contributed by atoms with E-state index in [9.17, 15) is 13.2 Å². The van der Waals surface area contributed by atoms with Gasteiger partial charge in [0.1, 0.15) is 11.4 Å². The van der Waals surface area contributed by atoms with Crippen LogP contribution in [-0.2, 0) is 0 Å². The van der Waals surface area contributed by atoms with Crippen molar-refractivity contribution in [2.45, 2.75) is 50.3 Å². The first kappa shape index (κ1) is 15.0.